The molecule has 1 saturated heterocycles. The normalized spacial score (nSPS) is 15.1. The highest BCUT2D eigenvalue weighted by Gasteiger charge is 2.34. The fourth-order valence-corrected chi connectivity index (χ4v) is 5.94. The number of carbonyl (C=O) groups is 1. The molecule has 0 saturated carbocycles. The largest absolute Gasteiger partial charge is 0.382 e. The standard InChI is InChI=1S/C32H33F3N10O2/c33-22-3-1-21(2-4-22)29-30(27-7-12-39-31(36)42-27)45(20-40-29)24-9-13-43(14-10-24)28(46)8-11-37-16-32(47,17-44-19-38-18-41-44)25-6-5-23(34)15-26(25)35/h1-7,12,15,18-20,24,37,47H,8-11,13-14,16-17H2,(H2,36,39,42)/t32-/m1/s1. The lowest BCUT2D eigenvalue weighted by atomic mass is 9.92. The Hall–Kier alpha value is -5.15. The average Bonchev–Trinajstić information content (AvgIpc) is 3.74. The minimum Gasteiger partial charge on any atom is -0.382 e. The van der Waals surface area contributed by atoms with Gasteiger partial charge in [-0.15, -0.1) is 0 Å². The van der Waals surface area contributed by atoms with Gasteiger partial charge in [0, 0.05) is 62.0 Å². The van der Waals surface area contributed by atoms with Crippen LogP contribution in [0.4, 0.5) is 19.1 Å². The van der Waals surface area contributed by atoms with Gasteiger partial charge in [0.05, 0.1) is 30.0 Å². The summed E-state index contributed by atoms with van der Waals surface area (Å²) in [5.74, 6) is -1.94. The van der Waals surface area contributed by atoms with Crippen molar-refractivity contribution >= 4 is 11.9 Å². The Kier molecular flexibility index (Phi) is 9.26. The fourth-order valence-electron chi connectivity index (χ4n) is 5.94. The monoisotopic (exact) mass is 646 g/mol. The summed E-state index contributed by atoms with van der Waals surface area (Å²) in [5.41, 5.74) is 6.70. The van der Waals surface area contributed by atoms with Crippen molar-refractivity contribution in [2.24, 2.45) is 0 Å². The van der Waals surface area contributed by atoms with Crippen molar-refractivity contribution in [1.29, 1.82) is 0 Å². The molecule has 2 aromatic carbocycles. The minimum absolute atomic E-state index is 0.0162. The van der Waals surface area contributed by atoms with Gasteiger partial charge in [0.1, 0.15) is 35.7 Å². The van der Waals surface area contributed by atoms with E-state index in [1.807, 2.05) is 4.57 Å². The van der Waals surface area contributed by atoms with E-state index in [2.05, 4.69) is 30.4 Å². The lowest BCUT2D eigenvalue weighted by Crippen LogP contribution is -2.44. The molecule has 4 N–H and O–H groups in total. The number of rotatable bonds is 11. The molecule has 4 heterocycles. The molecular formula is C32H33F3N10O2. The van der Waals surface area contributed by atoms with Crippen molar-refractivity contribution in [3.05, 3.63) is 96.7 Å². The minimum atomic E-state index is -1.78. The Morgan fingerprint density at radius 3 is 2.49 bits per heavy atom. The topological polar surface area (TPSA) is 153 Å². The van der Waals surface area contributed by atoms with Gasteiger partial charge in [-0.05, 0) is 49.2 Å². The van der Waals surface area contributed by atoms with Crippen LogP contribution in [0.15, 0.2) is 73.7 Å². The van der Waals surface area contributed by atoms with Gasteiger partial charge < -0.3 is 25.6 Å². The second-order valence-electron chi connectivity index (χ2n) is 11.4. The summed E-state index contributed by atoms with van der Waals surface area (Å²) in [7, 11) is 0. The molecule has 6 rings (SSSR count). The van der Waals surface area contributed by atoms with Crippen molar-refractivity contribution < 1.29 is 23.1 Å². The molecule has 1 aliphatic heterocycles. The Morgan fingerprint density at radius 2 is 1.79 bits per heavy atom. The number of hydrogen-bond acceptors (Lipinski definition) is 9. The molecule has 0 unspecified atom stereocenters. The number of benzene rings is 2. The predicted octanol–water partition coefficient (Wildman–Crippen LogP) is 3.33. The van der Waals surface area contributed by atoms with E-state index in [1.54, 1.807) is 35.6 Å². The molecule has 47 heavy (non-hydrogen) atoms. The Morgan fingerprint density at radius 1 is 1.02 bits per heavy atom. The van der Waals surface area contributed by atoms with Crippen LogP contribution < -0.4 is 11.1 Å². The number of hydrogen-bond donors (Lipinski definition) is 3. The molecule has 5 aromatic rings. The van der Waals surface area contributed by atoms with Crippen LogP contribution in [0.1, 0.15) is 30.9 Å². The first-order valence-electron chi connectivity index (χ1n) is 15.1. The SMILES string of the molecule is Nc1nccc(-c2c(-c3ccc(F)cc3)ncn2C2CCN(C(=O)CCNC[C@@](O)(Cn3cncn3)c3ccc(F)cc3F)CC2)n1. The van der Waals surface area contributed by atoms with E-state index in [0.717, 1.165) is 17.3 Å². The highest BCUT2D eigenvalue weighted by atomic mass is 19.1. The van der Waals surface area contributed by atoms with Crippen LogP contribution in [-0.2, 0) is 16.9 Å². The summed E-state index contributed by atoms with van der Waals surface area (Å²) in [5, 5.41) is 18.5. The van der Waals surface area contributed by atoms with Gasteiger partial charge in [0.2, 0.25) is 11.9 Å². The van der Waals surface area contributed by atoms with Crippen molar-refractivity contribution in [2.75, 3.05) is 31.9 Å². The molecule has 3 aromatic heterocycles. The third-order valence-electron chi connectivity index (χ3n) is 8.29. The molecule has 244 valence electrons. The van der Waals surface area contributed by atoms with Crippen LogP contribution >= 0.6 is 0 Å². The van der Waals surface area contributed by atoms with Crippen molar-refractivity contribution in [2.45, 2.75) is 37.5 Å². The molecule has 1 fully saturated rings. The number of imidazole rings is 1. The van der Waals surface area contributed by atoms with Crippen molar-refractivity contribution in [3.8, 4) is 22.6 Å². The lowest BCUT2D eigenvalue weighted by Gasteiger charge is -2.33. The van der Waals surface area contributed by atoms with E-state index >= 15 is 0 Å². The Labute approximate surface area is 268 Å². The van der Waals surface area contributed by atoms with E-state index in [4.69, 9.17) is 5.73 Å². The molecule has 12 nitrogen and oxygen atoms in total. The Bertz CT molecular complexity index is 1830. The smallest absolute Gasteiger partial charge is 0.223 e. The Balaban J connectivity index is 1.09. The molecule has 1 aliphatic rings. The third kappa shape index (κ3) is 7.15. The van der Waals surface area contributed by atoms with Gasteiger partial charge in [-0.25, -0.2) is 37.8 Å². The summed E-state index contributed by atoms with van der Waals surface area (Å²) in [6.07, 6.45) is 7.47. The van der Waals surface area contributed by atoms with Gasteiger partial charge in [-0.3, -0.25) is 4.79 Å². The number of halogens is 3. The molecule has 0 aliphatic carbocycles. The van der Waals surface area contributed by atoms with Gasteiger partial charge in [0.25, 0.3) is 0 Å². The van der Waals surface area contributed by atoms with Crippen LogP contribution in [0, 0.1) is 17.5 Å². The average molecular weight is 647 g/mol. The van der Waals surface area contributed by atoms with Crippen LogP contribution in [-0.4, -0.2) is 76.4 Å². The molecule has 0 spiro atoms. The van der Waals surface area contributed by atoms with Crippen molar-refractivity contribution in [1.82, 2.24) is 44.5 Å². The first-order valence-corrected chi connectivity index (χ1v) is 15.1. The maximum atomic E-state index is 14.7. The second kappa shape index (κ2) is 13.7. The first kappa shape index (κ1) is 31.8. The zero-order chi connectivity index (χ0) is 33.0. The van der Waals surface area contributed by atoms with Gasteiger partial charge in [-0.1, -0.05) is 6.07 Å². The molecule has 0 bridgehead atoms. The number of aromatic nitrogens is 7. The summed E-state index contributed by atoms with van der Waals surface area (Å²) in [4.78, 5) is 31.9. The highest BCUT2D eigenvalue weighted by molar-refractivity contribution is 5.78. The summed E-state index contributed by atoms with van der Waals surface area (Å²) in [6, 6.07) is 10.8. The van der Waals surface area contributed by atoms with E-state index in [0.29, 0.717) is 43.4 Å². The maximum Gasteiger partial charge on any atom is 0.223 e. The maximum absolute atomic E-state index is 14.7. The number of amides is 1. The number of nitrogens with two attached hydrogens (primary N) is 1. The number of aliphatic hydroxyl groups is 1. The zero-order valence-corrected chi connectivity index (χ0v) is 25.3. The highest BCUT2D eigenvalue weighted by Crippen LogP contribution is 2.35. The first-order chi connectivity index (χ1) is 22.7. The molecule has 1 amide bonds. The summed E-state index contributed by atoms with van der Waals surface area (Å²) >= 11 is 0. The van der Waals surface area contributed by atoms with E-state index in [-0.39, 0.29) is 55.3 Å². The third-order valence-corrected chi connectivity index (χ3v) is 8.29. The predicted molar refractivity (Wildman–Crippen MR) is 166 cm³/mol. The number of piperidine rings is 1. The fraction of sp³-hybridized carbons (Fsp3) is 0.312. The number of anilines is 1. The number of carbonyl (C=O) groups excluding carboxylic acids is 1. The number of likely N-dealkylation sites (tertiary alicyclic amines) is 1. The second-order valence-corrected chi connectivity index (χ2v) is 11.4. The van der Waals surface area contributed by atoms with Gasteiger partial charge >= 0.3 is 0 Å². The lowest BCUT2D eigenvalue weighted by molar-refractivity contribution is -0.132. The number of nitrogens with one attached hydrogen (secondary N) is 1. The molecular weight excluding hydrogens is 613 g/mol. The number of nitrogens with zero attached hydrogens (tertiary/aromatic N) is 8. The quantitative estimate of drug-likeness (QED) is 0.184. The van der Waals surface area contributed by atoms with E-state index in [9.17, 15) is 23.1 Å². The van der Waals surface area contributed by atoms with Gasteiger partial charge in [0.15, 0.2) is 0 Å². The van der Waals surface area contributed by atoms with E-state index in [1.165, 1.54) is 35.5 Å². The van der Waals surface area contributed by atoms with Crippen LogP contribution in [0.25, 0.3) is 22.6 Å². The van der Waals surface area contributed by atoms with Crippen LogP contribution in [0.2, 0.25) is 0 Å². The molecule has 1 atom stereocenters. The van der Waals surface area contributed by atoms with E-state index < -0.39 is 17.2 Å². The van der Waals surface area contributed by atoms with Gasteiger partial charge in [-0.2, -0.15) is 5.10 Å². The summed E-state index contributed by atoms with van der Waals surface area (Å²) < 4.78 is 45.3. The van der Waals surface area contributed by atoms with Crippen LogP contribution in [0.3, 0.4) is 0 Å². The summed E-state index contributed by atoms with van der Waals surface area (Å²) in [6.45, 7) is 0.998. The van der Waals surface area contributed by atoms with Crippen LogP contribution in [0.5, 0.6) is 0 Å². The number of nitrogen functional groups attached to an aromatic ring is 1. The zero-order valence-electron chi connectivity index (χ0n) is 25.3. The molecule has 0 radical (unpaired) electrons. The molecule has 15 heteroatoms. The van der Waals surface area contributed by atoms with Crippen molar-refractivity contribution in [3.63, 3.8) is 0 Å².